The smallest absolute Gasteiger partial charge is 0.328 e. The zero-order valence-electron chi connectivity index (χ0n) is 17.6. The number of carboxylic acids is 2. The number of fused-ring (bicyclic) bond motifs is 1. The molecule has 2 atom stereocenters. The molecule has 168 valence electrons. The molecule has 2 unspecified atom stereocenters. The van der Waals surface area contributed by atoms with Crippen molar-refractivity contribution in [1.82, 2.24) is 9.62 Å². The highest BCUT2D eigenvalue weighted by atomic mass is 32.2. The van der Waals surface area contributed by atoms with Crippen molar-refractivity contribution >= 4 is 32.7 Å². The van der Waals surface area contributed by atoms with Crippen molar-refractivity contribution in [3.63, 3.8) is 0 Å². The molecule has 1 aliphatic rings. The molecule has 8 nitrogen and oxygen atoms in total. The maximum atomic E-state index is 12.5. The second kappa shape index (κ2) is 11.0. The maximum Gasteiger partial charge on any atom is 0.328 e. The summed E-state index contributed by atoms with van der Waals surface area (Å²) in [4.78, 5) is 21.8. The van der Waals surface area contributed by atoms with E-state index in [9.17, 15) is 18.0 Å². The lowest BCUT2D eigenvalue weighted by molar-refractivity contribution is -0.134. The fraction of sp³-hybridized carbons (Fsp3) is 0.364. The topological polar surface area (TPSA) is 124 Å². The van der Waals surface area contributed by atoms with E-state index in [4.69, 9.17) is 10.2 Å². The van der Waals surface area contributed by atoms with E-state index in [1.807, 2.05) is 30.3 Å². The van der Waals surface area contributed by atoms with Crippen molar-refractivity contribution in [2.45, 2.75) is 31.2 Å². The van der Waals surface area contributed by atoms with E-state index in [0.29, 0.717) is 35.6 Å². The number of hydrogen-bond acceptors (Lipinski definition) is 5. The minimum atomic E-state index is -3.45. The van der Waals surface area contributed by atoms with E-state index >= 15 is 0 Å². The summed E-state index contributed by atoms with van der Waals surface area (Å²) in [5.74, 6) is -1.82. The van der Waals surface area contributed by atoms with E-state index in [-0.39, 0.29) is 0 Å². The molecule has 0 saturated carbocycles. The number of benzene rings is 2. The molecule has 0 aliphatic carbocycles. The maximum absolute atomic E-state index is 12.5. The summed E-state index contributed by atoms with van der Waals surface area (Å²) in [7, 11) is -3.45. The Morgan fingerprint density at radius 2 is 1.68 bits per heavy atom. The van der Waals surface area contributed by atoms with Crippen molar-refractivity contribution in [2.75, 3.05) is 19.6 Å². The molecular weight excluding hydrogens is 420 g/mol. The molecule has 0 bridgehead atoms. The Balaban J connectivity index is 0.000000366. The van der Waals surface area contributed by atoms with Crippen molar-refractivity contribution < 1.29 is 28.2 Å². The number of likely N-dealkylation sites (tertiary alicyclic amines) is 1. The molecule has 2 aromatic rings. The zero-order chi connectivity index (χ0) is 23.0. The lowest BCUT2D eigenvalue weighted by Crippen LogP contribution is -2.36. The van der Waals surface area contributed by atoms with Gasteiger partial charge in [0.2, 0.25) is 10.0 Å². The van der Waals surface area contributed by atoms with Crippen LogP contribution in [0.1, 0.15) is 20.3 Å². The monoisotopic (exact) mass is 448 g/mol. The van der Waals surface area contributed by atoms with Gasteiger partial charge in [0, 0.05) is 37.8 Å². The van der Waals surface area contributed by atoms with Gasteiger partial charge in [-0.1, -0.05) is 37.3 Å². The van der Waals surface area contributed by atoms with Crippen molar-refractivity contribution in [1.29, 1.82) is 0 Å². The molecule has 1 fully saturated rings. The molecule has 1 aliphatic heterocycles. The molecule has 3 N–H and O–H groups in total. The molecule has 2 aromatic carbocycles. The zero-order valence-corrected chi connectivity index (χ0v) is 18.4. The van der Waals surface area contributed by atoms with Crippen LogP contribution in [0.2, 0.25) is 0 Å². The molecule has 0 spiro atoms. The van der Waals surface area contributed by atoms with Gasteiger partial charge in [-0.2, -0.15) is 0 Å². The molecular formula is C22H28N2O6S. The van der Waals surface area contributed by atoms with Crippen LogP contribution in [-0.4, -0.2) is 61.1 Å². The number of hydrogen-bond donors (Lipinski definition) is 3. The molecule has 0 amide bonds. The Labute approximate surface area is 182 Å². The van der Waals surface area contributed by atoms with Crippen LogP contribution in [0.5, 0.6) is 0 Å². The number of nitrogens with zero attached hydrogens (tertiary/aromatic N) is 1. The van der Waals surface area contributed by atoms with E-state index in [0.717, 1.165) is 23.9 Å². The minimum absolute atomic E-state index is 0.332. The second-order valence-electron chi connectivity index (χ2n) is 7.60. The fourth-order valence-corrected chi connectivity index (χ4v) is 4.64. The third-order valence-corrected chi connectivity index (χ3v) is 6.46. The molecule has 31 heavy (non-hydrogen) atoms. The normalized spacial score (nSPS) is 19.3. The van der Waals surface area contributed by atoms with Crippen LogP contribution in [0.15, 0.2) is 59.5 Å². The van der Waals surface area contributed by atoms with Crippen LogP contribution in [0.25, 0.3) is 10.8 Å². The summed E-state index contributed by atoms with van der Waals surface area (Å²) < 4.78 is 27.7. The number of aliphatic carboxylic acids is 2. The van der Waals surface area contributed by atoms with Gasteiger partial charge in [0.1, 0.15) is 0 Å². The van der Waals surface area contributed by atoms with Gasteiger partial charge in [0.25, 0.3) is 0 Å². The largest absolute Gasteiger partial charge is 0.478 e. The van der Waals surface area contributed by atoms with Crippen LogP contribution < -0.4 is 4.72 Å². The molecule has 9 heteroatoms. The molecule has 1 heterocycles. The average molecular weight is 449 g/mol. The SMILES string of the molecule is CC1CC(C)N(CCNS(=O)(=O)c2ccc3ccccc3c2)C1.O=C(O)/C=C/C(=O)O. The summed E-state index contributed by atoms with van der Waals surface area (Å²) in [6.07, 6.45) is 2.31. The quantitative estimate of drug-likeness (QED) is 0.556. The molecule has 0 aromatic heterocycles. The number of rotatable bonds is 7. The highest BCUT2D eigenvalue weighted by Crippen LogP contribution is 2.22. The summed E-state index contributed by atoms with van der Waals surface area (Å²) in [5.41, 5.74) is 0. The van der Waals surface area contributed by atoms with Gasteiger partial charge >= 0.3 is 11.9 Å². The van der Waals surface area contributed by atoms with Gasteiger partial charge in [0.05, 0.1) is 4.90 Å². The first-order valence-corrected chi connectivity index (χ1v) is 11.4. The minimum Gasteiger partial charge on any atom is -0.478 e. The highest BCUT2D eigenvalue weighted by molar-refractivity contribution is 7.89. The number of sulfonamides is 1. The Kier molecular flexibility index (Phi) is 8.73. The van der Waals surface area contributed by atoms with Crippen LogP contribution in [0.3, 0.4) is 0 Å². The first-order valence-electron chi connectivity index (χ1n) is 9.95. The van der Waals surface area contributed by atoms with Gasteiger partial charge in [-0.25, -0.2) is 22.7 Å². The molecule has 0 radical (unpaired) electrons. The van der Waals surface area contributed by atoms with Gasteiger partial charge in [-0.3, -0.25) is 4.90 Å². The van der Waals surface area contributed by atoms with Gasteiger partial charge in [0.15, 0.2) is 0 Å². The van der Waals surface area contributed by atoms with Crippen LogP contribution in [-0.2, 0) is 19.6 Å². The predicted octanol–water partition coefficient (Wildman–Crippen LogP) is 2.56. The summed E-state index contributed by atoms with van der Waals surface area (Å²) >= 11 is 0. The Morgan fingerprint density at radius 1 is 1.06 bits per heavy atom. The van der Waals surface area contributed by atoms with Crippen LogP contribution in [0, 0.1) is 5.92 Å². The van der Waals surface area contributed by atoms with Crippen molar-refractivity contribution in [3.8, 4) is 0 Å². The van der Waals surface area contributed by atoms with Gasteiger partial charge in [-0.15, -0.1) is 0 Å². The molecule has 3 rings (SSSR count). The van der Waals surface area contributed by atoms with Crippen LogP contribution in [0.4, 0.5) is 0 Å². The first kappa shape index (κ1) is 24.5. The Bertz CT molecular complexity index is 1030. The van der Waals surface area contributed by atoms with E-state index in [1.54, 1.807) is 12.1 Å². The summed E-state index contributed by atoms with van der Waals surface area (Å²) in [6.45, 7) is 6.72. The first-order chi connectivity index (χ1) is 14.6. The van der Waals surface area contributed by atoms with Gasteiger partial charge in [-0.05, 0) is 42.2 Å². The van der Waals surface area contributed by atoms with E-state index < -0.39 is 22.0 Å². The summed E-state index contributed by atoms with van der Waals surface area (Å²) in [6, 6.07) is 13.6. The standard InChI is InChI=1S/C18H24N2O2S.C4H4O4/c1-14-11-15(2)20(13-14)10-9-19-23(21,22)18-8-7-16-5-3-4-6-17(16)12-18;5-3(6)1-2-4(7)8/h3-8,12,14-15,19H,9-11,13H2,1-2H3;1-2H,(H,5,6)(H,7,8)/b;2-1+. The predicted molar refractivity (Wildman–Crippen MR) is 118 cm³/mol. The van der Waals surface area contributed by atoms with Crippen molar-refractivity contribution in [2.24, 2.45) is 5.92 Å². The Morgan fingerprint density at radius 3 is 2.23 bits per heavy atom. The fourth-order valence-electron chi connectivity index (χ4n) is 3.58. The number of nitrogens with one attached hydrogen (secondary N) is 1. The second-order valence-corrected chi connectivity index (χ2v) is 9.37. The van der Waals surface area contributed by atoms with Crippen molar-refractivity contribution in [3.05, 3.63) is 54.6 Å². The number of carboxylic acid groups (broad SMARTS) is 2. The average Bonchev–Trinajstić information content (AvgIpc) is 3.03. The van der Waals surface area contributed by atoms with E-state index in [1.165, 1.54) is 6.42 Å². The highest BCUT2D eigenvalue weighted by Gasteiger charge is 2.25. The number of carbonyl (C=O) groups is 2. The Hall–Kier alpha value is -2.75. The van der Waals surface area contributed by atoms with E-state index in [2.05, 4.69) is 23.5 Å². The lowest BCUT2D eigenvalue weighted by atomic mass is 10.1. The lowest BCUT2D eigenvalue weighted by Gasteiger charge is -2.21. The summed E-state index contributed by atoms with van der Waals surface area (Å²) in [5, 5.41) is 17.6. The molecule has 1 saturated heterocycles. The van der Waals surface area contributed by atoms with Crippen LogP contribution >= 0.6 is 0 Å². The third-order valence-electron chi connectivity index (χ3n) is 5.00. The van der Waals surface area contributed by atoms with Gasteiger partial charge < -0.3 is 10.2 Å². The third kappa shape index (κ3) is 7.78.